The standard InChI is InChI=1S/C12H12N4S2/c13-8-12(14,10-4-2-1-3-5-10)6-7-17-11-16-15-9-18-11/h1-5,9H,6-7,14H2. The van der Waals surface area contributed by atoms with E-state index < -0.39 is 5.54 Å². The van der Waals surface area contributed by atoms with Crippen molar-refractivity contribution in [2.45, 2.75) is 16.3 Å². The molecule has 1 heterocycles. The minimum Gasteiger partial charge on any atom is -0.310 e. The maximum Gasteiger partial charge on any atom is 0.174 e. The van der Waals surface area contributed by atoms with Gasteiger partial charge in [0.2, 0.25) is 0 Å². The van der Waals surface area contributed by atoms with Crippen LogP contribution in [0.1, 0.15) is 12.0 Å². The lowest BCUT2D eigenvalue weighted by Crippen LogP contribution is -2.35. The van der Waals surface area contributed by atoms with Crippen molar-refractivity contribution in [2.75, 3.05) is 5.75 Å². The first-order valence-electron chi connectivity index (χ1n) is 5.39. The molecule has 2 aromatic rings. The molecule has 0 radical (unpaired) electrons. The molecule has 1 aromatic heterocycles. The summed E-state index contributed by atoms with van der Waals surface area (Å²) >= 11 is 3.07. The zero-order valence-corrected chi connectivity index (χ0v) is 11.2. The van der Waals surface area contributed by atoms with E-state index in [-0.39, 0.29) is 0 Å². The molecular weight excluding hydrogens is 264 g/mol. The quantitative estimate of drug-likeness (QED) is 0.849. The molecule has 0 aliphatic carbocycles. The number of nitriles is 1. The molecule has 0 spiro atoms. The van der Waals surface area contributed by atoms with E-state index in [1.165, 1.54) is 11.3 Å². The maximum absolute atomic E-state index is 9.29. The van der Waals surface area contributed by atoms with Gasteiger partial charge in [-0.3, -0.25) is 0 Å². The predicted octanol–water partition coefficient (Wildman–Crippen LogP) is 2.40. The fraction of sp³-hybridized carbons (Fsp3) is 0.250. The molecule has 0 saturated heterocycles. The monoisotopic (exact) mass is 276 g/mol. The third-order valence-corrected chi connectivity index (χ3v) is 4.41. The summed E-state index contributed by atoms with van der Waals surface area (Å²) in [5.41, 5.74) is 7.77. The van der Waals surface area contributed by atoms with Crippen molar-refractivity contribution in [3.05, 3.63) is 41.4 Å². The zero-order chi connectivity index (χ0) is 12.8. The van der Waals surface area contributed by atoms with Gasteiger partial charge in [-0.25, -0.2) is 0 Å². The summed E-state index contributed by atoms with van der Waals surface area (Å²) in [6.07, 6.45) is 0.581. The van der Waals surface area contributed by atoms with E-state index in [0.717, 1.165) is 15.7 Å². The summed E-state index contributed by atoms with van der Waals surface area (Å²) in [7, 11) is 0. The predicted molar refractivity (Wildman–Crippen MR) is 73.2 cm³/mol. The fourth-order valence-corrected chi connectivity index (χ4v) is 3.16. The lowest BCUT2D eigenvalue weighted by molar-refractivity contribution is 0.560. The average Bonchev–Trinajstić information content (AvgIpc) is 2.93. The van der Waals surface area contributed by atoms with E-state index in [9.17, 15) is 5.26 Å². The van der Waals surface area contributed by atoms with E-state index in [1.54, 1.807) is 17.3 Å². The molecule has 6 heteroatoms. The Bertz CT molecular complexity index is 521. The van der Waals surface area contributed by atoms with E-state index in [0.29, 0.717) is 6.42 Å². The van der Waals surface area contributed by atoms with Crippen molar-refractivity contribution in [2.24, 2.45) is 5.73 Å². The van der Waals surface area contributed by atoms with E-state index in [1.807, 2.05) is 30.3 Å². The van der Waals surface area contributed by atoms with Crippen LogP contribution in [-0.4, -0.2) is 16.0 Å². The fourth-order valence-electron chi connectivity index (χ4n) is 1.53. The Hall–Kier alpha value is -1.42. The average molecular weight is 276 g/mol. The third kappa shape index (κ3) is 3.07. The molecule has 18 heavy (non-hydrogen) atoms. The summed E-state index contributed by atoms with van der Waals surface area (Å²) in [6, 6.07) is 11.7. The molecular formula is C12H12N4S2. The van der Waals surface area contributed by atoms with E-state index in [4.69, 9.17) is 5.73 Å². The molecule has 2 N–H and O–H groups in total. The molecule has 0 aliphatic rings. The molecule has 0 aliphatic heterocycles. The van der Waals surface area contributed by atoms with Crippen molar-refractivity contribution >= 4 is 23.1 Å². The summed E-state index contributed by atoms with van der Waals surface area (Å²) in [4.78, 5) is 0. The summed E-state index contributed by atoms with van der Waals surface area (Å²) in [5.74, 6) is 0.744. The van der Waals surface area contributed by atoms with Gasteiger partial charge in [-0.1, -0.05) is 53.4 Å². The van der Waals surface area contributed by atoms with Crippen molar-refractivity contribution in [3.63, 3.8) is 0 Å². The van der Waals surface area contributed by atoms with Gasteiger partial charge < -0.3 is 5.73 Å². The topological polar surface area (TPSA) is 75.6 Å². The number of aromatic nitrogens is 2. The molecule has 0 amide bonds. The third-order valence-electron chi connectivity index (χ3n) is 2.55. The molecule has 0 fully saturated rings. The molecule has 1 unspecified atom stereocenters. The molecule has 0 saturated carbocycles. The summed E-state index contributed by atoms with van der Waals surface area (Å²) in [6.45, 7) is 0. The number of benzene rings is 1. The molecule has 2 rings (SSSR count). The number of nitrogens with two attached hydrogens (primary N) is 1. The van der Waals surface area contributed by atoms with Gasteiger partial charge >= 0.3 is 0 Å². The molecule has 0 bridgehead atoms. The number of rotatable bonds is 5. The van der Waals surface area contributed by atoms with Crippen LogP contribution in [-0.2, 0) is 5.54 Å². The van der Waals surface area contributed by atoms with Crippen LogP contribution < -0.4 is 5.73 Å². The van der Waals surface area contributed by atoms with Crippen molar-refractivity contribution in [1.82, 2.24) is 10.2 Å². The second kappa shape index (κ2) is 5.96. The Kier molecular flexibility index (Phi) is 4.31. The van der Waals surface area contributed by atoms with Crippen LogP contribution in [0, 0.1) is 11.3 Å². The van der Waals surface area contributed by atoms with Crippen molar-refractivity contribution < 1.29 is 0 Å². The first kappa shape index (κ1) is 13.0. The highest BCUT2D eigenvalue weighted by Crippen LogP contribution is 2.26. The summed E-state index contributed by atoms with van der Waals surface area (Å²) < 4.78 is 0.906. The smallest absolute Gasteiger partial charge is 0.174 e. The van der Waals surface area contributed by atoms with Crippen LogP contribution >= 0.6 is 23.1 Å². The number of hydrogen-bond acceptors (Lipinski definition) is 6. The van der Waals surface area contributed by atoms with Crippen LogP contribution in [0.3, 0.4) is 0 Å². The first-order chi connectivity index (χ1) is 8.74. The highest BCUT2D eigenvalue weighted by atomic mass is 32.2. The second-order valence-electron chi connectivity index (χ2n) is 3.75. The van der Waals surface area contributed by atoms with Crippen LogP contribution in [0.4, 0.5) is 0 Å². The minimum atomic E-state index is -0.932. The Morgan fingerprint density at radius 2 is 2.17 bits per heavy atom. The van der Waals surface area contributed by atoms with Gasteiger partial charge in [0.25, 0.3) is 0 Å². The zero-order valence-electron chi connectivity index (χ0n) is 9.61. The molecule has 92 valence electrons. The van der Waals surface area contributed by atoms with Gasteiger partial charge in [-0.15, -0.1) is 10.2 Å². The van der Waals surface area contributed by atoms with Crippen molar-refractivity contribution in [1.29, 1.82) is 5.26 Å². The van der Waals surface area contributed by atoms with Gasteiger partial charge in [0.1, 0.15) is 11.0 Å². The van der Waals surface area contributed by atoms with E-state index in [2.05, 4.69) is 16.3 Å². The van der Waals surface area contributed by atoms with Crippen LogP contribution in [0.2, 0.25) is 0 Å². The van der Waals surface area contributed by atoms with Crippen molar-refractivity contribution in [3.8, 4) is 6.07 Å². The highest BCUT2D eigenvalue weighted by Gasteiger charge is 2.26. The molecule has 1 aromatic carbocycles. The van der Waals surface area contributed by atoms with Crippen LogP contribution in [0.25, 0.3) is 0 Å². The maximum atomic E-state index is 9.29. The van der Waals surface area contributed by atoms with Crippen LogP contribution in [0.5, 0.6) is 0 Å². The van der Waals surface area contributed by atoms with Crippen LogP contribution in [0.15, 0.2) is 40.2 Å². The lowest BCUT2D eigenvalue weighted by Gasteiger charge is -2.21. The SMILES string of the molecule is N#CC(N)(CCSc1nncs1)c1ccccc1. The Balaban J connectivity index is 1.99. The first-order valence-corrected chi connectivity index (χ1v) is 7.26. The second-order valence-corrected chi connectivity index (χ2v) is 5.93. The highest BCUT2D eigenvalue weighted by molar-refractivity contribution is 8.00. The number of hydrogen-bond donors (Lipinski definition) is 1. The van der Waals surface area contributed by atoms with Gasteiger partial charge in [0.15, 0.2) is 4.34 Å². The Labute approximate surface area is 114 Å². The largest absolute Gasteiger partial charge is 0.310 e. The van der Waals surface area contributed by atoms with Gasteiger partial charge in [-0.2, -0.15) is 5.26 Å². The minimum absolute atomic E-state index is 0.581. The molecule has 1 atom stereocenters. The van der Waals surface area contributed by atoms with Gasteiger partial charge in [-0.05, 0) is 12.0 Å². The van der Waals surface area contributed by atoms with Gasteiger partial charge in [0.05, 0.1) is 6.07 Å². The lowest BCUT2D eigenvalue weighted by atomic mass is 9.90. The van der Waals surface area contributed by atoms with E-state index >= 15 is 0 Å². The Morgan fingerprint density at radius 1 is 1.39 bits per heavy atom. The van der Waals surface area contributed by atoms with Gasteiger partial charge in [0, 0.05) is 5.75 Å². The Morgan fingerprint density at radius 3 is 2.78 bits per heavy atom. The normalized spacial score (nSPS) is 13.8. The molecule has 4 nitrogen and oxygen atoms in total. The number of nitrogens with zero attached hydrogens (tertiary/aromatic N) is 3. The number of thioether (sulfide) groups is 1. The summed E-state index contributed by atoms with van der Waals surface area (Å²) in [5, 5.41) is 17.0.